The zero-order valence-corrected chi connectivity index (χ0v) is 14.2. The van der Waals surface area contributed by atoms with E-state index in [2.05, 4.69) is 0 Å². The second-order valence-corrected chi connectivity index (χ2v) is 7.21. The van der Waals surface area contributed by atoms with Crippen molar-refractivity contribution in [2.24, 2.45) is 0 Å². The molecule has 4 heteroatoms. The van der Waals surface area contributed by atoms with Gasteiger partial charge in [-0.05, 0) is 46.1 Å². The van der Waals surface area contributed by atoms with Gasteiger partial charge in [0.15, 0.2) is 0 Å². The van der Waals surface area contributed by atoms with Gasteiger partial charge >= 0.3 is 5.97 Å². The van der Waals surface area contributed by atoms with Crippen LogP contribution in [-0.4, -0.2) is 27.2 Å². The van der Waals surface area contributed by atoms with Crippen LogP contribution in [0.5, 0.6) is 0 Å². The zero-order chi connectivity index (χ0) is 16.6. The Kier molecular flexibility index (Phi) is 4.37. The number of benzene rings is 1. The van der Waals surface area contributed by atoms with Gasteiger partial charge in [-0.3, -0.25) is 4.79 Å². The molecule has 0 amide bonds. The SMILES string of the molecule is CCC(=O)ON1C(C)(C)CCC(O)(c2ccccc2)C1(C)C. The molecular formula is C18H27NO3. The molecule has 0 bridgehead atoms. The van der Waals surface area contributed by atoms with Gasteiger partial charge in [0, 0.05) is 6.42 Å². The third-order valence-electron chi connectivity index (χ3n) is 4.90. The van der Waals surface area contributed by atoms with Crippen LogP contribution >= 0.6 is 0 Å². The van der Waals surface area contributed by atoms with Crippen LogP contribution in [0.15, 0.2) is 30.3 Å². The number of carbonyl (C=O) groups is 1. The first-order valence-corrected chi connectivity index (χ1v) is 7.94. The quantitative estimate of drug-likeness (QED) is 0.930. The van der Waals surface area contributed by atoms with E-state index in [9.17, 15) is 9.90 Å². The molecule has 4 nitrogen and oxygen atoms in total. The Morgan fingerprint density at radius 2 is 1.77 bits per heavy atom. The fourth-order valence-electron chi connectivity index (χ4n) is 3.43. The van der Waals surface area contributed by atoms with Crippen molar-refractivity contribution in [3.8, 4) is 0 Å². The second kappa shape index (κ2) is 5.67. The largest absolute Gasteiger partial charge is 0.383 e. The number of hydroxylamine groups is 2. The predicted octanol–water partition coefficient (Wildman–Crippen LogP) is 3.40. The molecule has 1 aromatic carbocycles. The van der Waals surface area contributed by atoms with Crippen molar-refractivity contribution in [3.63, 3.8) is 0 Å². The van der Waals surface area contributed by atoms with Crippen LogP contribution < -0.4 is 0 Å². The lowest BCUT2D eigenvalue weighted by atomic mass is 9.67. The summed E-state index contributed by atoms with van der Waals surface area (Å²) in [6.07, 6.45) is 1.67. The first kappa shape index (κ1) is 17.0. The monoisotopic (exact) mass is 305 g/mol. The van der Waals surface area contributed by atoms with Gasteiger partial charge in [0.05, 0.1) is 11.1 Å². The van der Waals surface area contributed by atoms with Crippen molar-refractivity contribution in [2.45, 2.75) is 70.6 Å². The highest BCUT2D eigenvalue weighted by Crippen LogP contribution is 2.49. The molecule has 0 aliphatic carbocycles. The standard InChI is InChI=1S/C18H27NO3/c1-6-15(20)22-19-16(2,3)12-13-18(21,17(19,4)5)14-10-8-7-9-11-14/h7-11,21H,6,12-13H2,1-5H3. The van der Waals surface area contributed by atoms with E-state index in [-0.39, 0.29) is 11.5 Å². The molecule has 1 aliphatic rings. The third-order valence-corrected chi connectivity index (χ3v) is 4.90. The fraction of sp³-hybridized carbons (Fsp3) is 0.611. The first-order chi connectivity index (χ1) is 10.1. The maximum Gasteiger partial charge on any atom is 0.324 e. The van der Waals surface area contributed by atoms with Gasteiger partial charge in [0.1, 0.15) is 5.60 Å². The summed E-state index contributed by atoms with van der Waals surface area (Å²) in [5, 5.41) is 13.1. The third kappa shape index (κ3) is 2.66. The number of hydrogen-bond acceptors (Lipinski definition) is 4. The Labute approximate surface area is 133 Å². The zero-order valence-electron chi connectivity index (χ0n) is 14.2. The molecule has 1 heterocycles. The summed E-state index contributed by atoms with van der Waals surface area (Å²) in [6.45, 7) is 9.73. The van der Waals surface area contributed by atoms with E-state index in [0.29, 0.717) is 12.8 Å². The predicted molar refractivity (Wildman–Crippen MR) is 86.0 cm³/mol. The number of aliphatic hydroxyl groups is 1. The Bertz CT molecular complexity index is 539. The van der Waals surface area contributed by atoms with Crippen LogP contribution in [0.4, 0.5) is 0 Å². The van der Waals surface area contributed by atoms with E-state index in [1.807, 2.05) is 58.0 Å². The molecule has 0 aromatic heterocycles. The average Bonchev–Trinajstić information content (AvgIpc) is 2.49. The van der Waals surface area contributed by atoms with Gasteiger partial charge in [-0.2, -0.15) is 0 Å². The number of rotatable bonds is 3. The molecule has 1 aromatic rings. The normalized spacial score (nSPS) is 27.4. The van der Waals surface area contributed by atoms with Crippen LogP contribution in [0.2, 0.25) is 0 Å². The molecule has 1 N–H and O–H groups in total. The van der Waals surface area contributed by atoms with Gasteiger partial charge < -0.3 is 9.94 Å². The van der Waals surface area contributed by atoms with Gasteiger partial charge in [-0.15, -0.1) is 5.06 Å². The molecule has 2 rings (SSSR count). The number of piperidine rings is 1. The van der Waals surface area contributed by atoms with Crippen LogP contribution in [0, 0.1) is 0 Å². The molecule has 1 aliphatic heterocycles. The van der Waals surface area contributed by atoms with E-state index in [0.717, 1.165) is 12.0 Å². The Hall–Kier alpha value is -1.39. The first-order valence-electron chi connectivity index (χ1n) is 7.94. The van der Waals surface area contributed by atoms with Crippen LogP contribution in [0.25, 0.3) is 0 Å². The van der Waals surface area contributed by atoms with Gasteiger partial charge in [0.2, 0.25) is 0 Å². The fourth-order valence-corrected chi connectivity index (χ4v) is 3.43. The Morgan fingerprint density at radius 3 is 2.32 bits per heavy atom. The molecule has 22 heavy (non-hydrogen) atoms. The van der Waals surface area contributed by atoms with Crippen LogP contribution in [0.1, 0.15) is 59.4 Å². The van der Waals surface area contributed by atoms with Crippen LogP contribution in [0.3, 0.4) is 0 Å². The molecule has 0 saturated carbocycles. The molecule has 0 radical (unpaired) electrons. The van der Waals surface area contributed by atoms with Crippen molar-refractivity contribution in [1.82, 2.24) is 5.06 Å². The summed E-state index contributed by atoms with van der Waals surface area (Å²) >= 11 is 0. The Balaban J connectivity index is 2.45. The average molecular weight is 305 g/mol. The molecule has 1 saturated heterocycles. The van der Waals surface area contributed by atoms with Gasteiger partial charge in [0.25, 0.3) is 0 Å². The minimum atomic E-state index is -1.07. The molecule has 1 fully saturated rings. The maximum absolute atomic E-state index is 11.9. The molecular weight excluding hydrogens is 278 g/mol. The van der Waals surface area contributed by atoms with E-state index in [4.69, 9.17) is 4.84 Å². The van der Waals surface area contributed by atoms with Crippen molar-refractivity contribution < 1.29 is 14.7 Å². The number of carbonyl (C=O) groups excluding carboxylic acids is 1. The number of nitrogens with zero attached hydrogens (tertiary/aromatic N) is 1. The van der Waals surface area contributed by atoms with Crippen molar-refractivity contribution in [1.29, 1.82) is 0 Å². The Morgan fingerprint density at radius 1 is 1.18 bits per heavy atom. The highest BCUT2D eigenvalue weighted by molar-refractivity contribution is 5.68. The smallest absolute Gasteiger partial charge is 0.324 e. The van der Waals surface area contributed by atoms with Crippen molar-refractivity contribution in [2.75, 3.05) is 0 Å². The second-order valence-electron chi connectivity index (χ2n) is 7.21. The highest BCUT2D eigenvalue weighted by Gasteiger charge is 2.58. The number of hydrogen-bond donors (Lipinski definition) is 1. The molecule has 122 valence electrons. The highest BCUT2D eigenvalue weighted by atomic mass is 16.7. The van der Waals surface area contributed by atoms with Gasteiger partial charge in [-0.25, -0.2) is 0 Å². The van der Waals surface area contributed by atoms with E-state index in [1.54, 1.807) is 12.0 Å². The topological polar surface area (TPSA) is 49.8 Å². The lowest BCUT2D eigenvalue weighted by Crippen LogP contribution is -2.68. The molecule has 1 unspecified atom stereocenters. The minimum Gasteiger partial charge on any atom is -0.383 e. The lowest BCUT2D eigenvalue weighted by Gasteiger charge is -2.58. The van der Waals surface area contributed by atoms with E-state index in [1.165, 1.54) is 0 Å². The van der Waals surface area contributed by atoms with Crippen molar-refractivity contribution in [3.05, 3.63) is 35.9 Å². The minimum absolute atomic E-state index is 0.279. The lowest BCUT2D eigenvalue weighted by molar-refractivity contribution is -0.311. The summed E-state index contributed by atoms with van der Waals surface area (Å²) in [5.74, 6) is -0.279. The van der Waals surface area contributed by atoms with Gasteiger partial charge in [-0.1, -0.05) is 37.3 Å². The summed E-state index contributed by atoms with van der Waals surface area (Å²) in [5.41, 5.74) is -1.28. The van der Waals surface area contributed by atoms with Crippen LogP contribution in [-0.2, 0) is 15.2 Å². The summed E-state index contributed by atoms with van der Waals surface area (Å²) in [4.78, 5) is 17.5. The van der Waals surface area contributed by atoms with E-state index >= 15 is 0 Å². The summed E-state index contributed by atoms with van der Waals surface area (Å²) in [6, 6.07) is 9.64. The summed E-state index contributed by atoms with van der Waals surface area (Å²) < 4.78 is 0. The molecule has 1 atom stereocenters. The molecule has 0 spiro atoms. The van der Waals surface area contributed by atoms with E-state index < -0.39 is 11.1 Å². The van der Waals surface area contributed by atoms with Crippen molar-refractivity contribution >= 4 is 5.97 Å². The maximum atomic E-state index is 11.9. The summed E-state index contributed by atoms with van der Waals surface area (Å²) in [7, 11) is 0.